The maximum atomic E-state index is 12.5. The van der Waals surface area contributed by atoms with Crippen molar-refractivity contribution in [2.45, 2.75) is 51.6 Å². The number of hydrogen-bond acceptors (Lipinski definition) is 5. The third-order valence-electron chi connectivity index (χ3n) is 5.90. The summed E-state index contributed by atoms with van der Waals surface area (Å²) in [5, 5.41) is 11.5. The average Bonchev–Trinajstić information content (AvgIpc) is 2.83. The smallest absolute Gasteiger partial charge is 0.320 e. The van der Waals surface area contributed by atoms with Gasteiger partial charge in [0.2, 0.25) is 0 Å². The van der Waals surface area contributed by atoms with Gasteiger partial charge in [-0.25, -0.2) is 4.99 Å². The number of amides is 1. The highest BCUT2D eigenvalue weighted by molar-refractivity contribution is 6.05. The zero-order chi connectivity index (χ0) is 23.8. The van der Waals surface area contributed by atoms with Gasteiger partial charge < -0.3 is 21.5 Å². The summed E-state index contributed by atoms with van der Waals surface area (Å²) in [5.74, 6) is -1.37. The van der Waals surface area contributed by atoms with Gasteiger partial charge in [-0.15, -0.1) is 0 Å². The molecule has 2 aromatic rings. The Morgan fingerprint density at radius 2 is 1.76 bits per heavy atom. The first-order valence-corrected chi connectivity index (χ1v) is 11.4. The molecule has 176 valence electrons. The van der Waals surface area contributed by atoms with Gasteiger partial charge in [0.25, 0.3) is 5.91 Å². The van der Waals surface area contributed by atoms with Crippen molar-refractivity contribution in [2.75, 3.05) is 18.0 Å². The number of carbonyl (C=O) groups is 2. The Kier molecular flexibility index (Phi) is 8.43. The molecule has 0 bridgehead atoms. The molecule has 0 spiro atoms. The van der Waals surface area contributed by atoms with E-state index in [1.807, 2.05) is 0 Å². The molecule has 3 rings (SSSR count). The maximum Gasteiger partial charge on any atom is 0.320 e. The summed E-state index contributed by atoms with van der Waals surface area (Å²) in [6, 6.07) is 12.1. The van der Waals surface area contributed by atoms with E-state index in [1.54, 1.807) is 24.3 Å². The molecule has 0 aromatic heterocycles. The van der Waals surface area contributed by atoms with E-state index in [4.69, 9.17) is 16.6 Å². The Bertz CT molecular complexity index is 998. The van der Waals surface area contributed by atoms with Gasteiger partial charge in [0.1, 0.15) is 6.04 Å². The number of carboxylic acids is 1. The third kappa shape index (κ3) is 6.79. The molecular formula is C25H33N5O3. The normalized spacial score (nSPS) is 15.2. The number of aryl methyl sites for hydroxylation is 1. The van der Waals surface area contributed by atoms with Crippen LogP contribution < -0.4 is 21.7 Å². The fraction of sp³-hybridized carbons (Fsp3) is 0.400. The number of carboxylic acid groups (broad SMARTS) is 1. The van der Waals surface area contributed by atoms with Gasteiger partial charge in [-0.2, -0.15) is 0 Å². The predicted molar refractivity (Wildman–Crippen MR) is 130 cm³/mol. The molecule has 1 amide bonds. The van der Waals surface area contributed by atoms with Crippen LogP contribution in [0.25, 0.3) is 0 Å². The minimum absolute atomic E-state index is 0.0588. The lowest BCUT2D eigenvalue weighted by molar-refractivity contribution is -0.138. The molecule has 1 fully saturated rings. The Balaban J connectivity index is 1.65. The minimum Gasteiger partial charge on any atom is -0.480 e. The number of piperidine rings is 1. The van der Waals surface area contributed by atoms with E-state index in [0.717, 1.165) is 30.6 Å². The molecule has 0 radical (unpaired) electrons. The van der Waals surface area contributed by atoms with Crippen LogP contribution in [-0.2, 0) is 24.2 Å². The summed E-state index contributed by atoms with van der Waals surface area (Å²) in [6.45, 7) is 4.60. The monoisotopic (exact) mass is 451 g/mol. The van der Waals surface area contributed by atoms with Crippen LogP contribution in [0.15, 0.2) is 47.5 Å². The zero-order valence-corrected chi connectivity index (χ0v) is 19.1. The summed E-state index contributed by atoms with van der Waals surface area (Å²) in [7, 11) is 0. The highest BCUT2D eigenvalue weighted by Gasteiger charge is 2.16. The fourth-order valence-electron chi connectivity index (χ4n) is 3.96. The van der Waals surface area contributed by atoms with Gasteiger partial charge in [-0.1, -0.05) is 31.2 Å². The van der Waals surface area contributed by atoms with Crippen LogP contribution >= 0.6 is 0 Å². The van der Waals surface area contributed by atoms with Gasteiger partial charge in [0, 0.05) is 24.3 Å². The van der Waals surface area contributed by atoms with Gasteiger partial charge in [0.15, 0.2) is 5.96 Å². The van der Waals surface area contributed by atoms with Crippen LogP contribution in [0.4, 0.5) is 5.69 Å². The van der Waals surface area contributed by atoms with E-state index >= 15 is 0 Å². The molecule has 0 unspecified atom stereocenters. The van der Waals surface area contributed by atoms with Crippen LogP contribution in [0.1, 0.15) is 53.2 Å². The van der Waals surface area contributed by atoms with Crippen molar-refractivity contribution in [3.63, 3.8) is 0 Å². The second-order valence-corrected chi connectivity index (χ2v) is 8.37. The van der Waals surface area contributed by atoms with Gasteiger partial charge in [0.05, 0.1) is 6.54 Å². The van der Waals surface area contributed by atoms with Crippen molar-refractivity contribution in [1.29, 1.82) is 0 Å². The number of aliphatic carboxylic acids is 1. The molecule has 8 nitrogen and oxygen atoms in total. The molecule has 1 heterocycles. The molecular weight excluding hydrogens is 418 g/mol. The standard InChI is InChI=1S/C25H33N5O3/c1-2-17-8-11-22(30-12-4-3-5-13-30)20(14-17)16-28-25(27)29-23(31)19-9-6-18(7-10-19)15-21(26)24(32)33/h6-11,14,21H,2-5,12-13,15-16,26H2,1H3,(H,32,33)(H3,27,28,29,31)/t21-/m0/s1. The highest BCUT2D eigenvalue weighted by atomic mass is 16.4. The van der Waals surface area contributed by atoms with Crippen molar-refractivity contribution in [3.8, 4) is 0 Å². The van der Waals surface area contributed by atoms with E-state index in [2.05, 4.69) is 40.3 Å². The van der Waals surface area contributed by atoms with Crippen LogP contribution in [-0.4, -0.2) is 42.1 Å². The Morgan fingerprint density at radius 1 is 1.09 bits per heavy atom. The quantitative estimate of drug-likeness (QED) is 0.360. The Hall–Kier alpha value is -3.39. The second kappa shape index (κ2) is 11.5. The topological polar surface area (TPSA) is 134 Å². The number of nitrogens with two attached hydrogens (primary N) is 2. The predicted octanol–water partition coefficient (Wildman–Crippen LogP) is 2.44. The van der Waals surface area contributed by atoms with E-state index in [0.29, 0.717) is 12.1 Å². The summed E-state index contributed by atoms with van der Waals surface area (Å²) < 4.78 is 0. The van der Waals surface area contributed by atoms with Crippen LogP contribution in [0, 0.1) is 0 Å². The van der Waals surface area contributed by atoms with Gasteiger partial charge in [-0.05, 0) is 67.0 Å². The van der Waals surface area contributed by atoms with Gasteiger partial charge in [-0.3, -0.25) is 14.9 Å². The highest BCUT2D eigenvalue weighted by Crippen LogP contribution is 2.26. The SMILES string of the molecule is CCc1ccc(N2CCCCC2)c(CN=C(N)NC(=O)c2ccc(C[C@H](N)C(=O)O)cc2)c1. The molecule has 1 aliphatic heterocycles. The van der Waals surface area contributed by atoms with E-state index in [-0.39, 0.29) is 18.3 Å². The Labute approximate surface area is 194 Å². The fourth-order valence-corrected chi connectivity index (χ4v) is 3.96. The number of anilines is 1. The lowest BCUT2D eigenvalue weighted by atomic mass is 10.0. The molecule has 2 aromatic carbocycles. The van der Waals surface area contributed by atoms with Crippen molar-refractivity contribution in [1.82, 2.24) is 5.32 Å². The number of guanidine groups is 1. The second-order valence-electron chi connectivity index (χ2n) is 8.37. The number of hydrogen-bond donors (Lipinski definition) is 4. The van der Waals surface area contributed by atoms with E-state index < -0.39 is 12.0 Å². The minimum atomic E-state index is -1.06. The number of nitrogens with one attached hydrogen (secondary N) is 1. The first-order chi connectivity index (χ1) is 15.9. The molecule has 6 N–H and O–H groups in total. The largest absolute Gasteiger partial charge is 0.480 e. The number of aliphatic imine (C=N–C) groups is 1. The Morgan fingerprint density at radius 3 is 2.39 bits per heavy atom. The van der Waals surface area contributed by atoms with Crippen molar-refractivity contribution in [3.05, 3.63) is 64.7 Å². The third-order valence-corrected chi connectivity index (χ3v) is 5.90. The van der Waals surface area contributed by atoms with Crippen LogP contribution in [0.2, 0.25) is 0 Å². The number of nitrogens with zero attached hydrogens (tertiary/aromatic N) is 2. The van der Waals surface area contributed by atoms with Crippen LogP contribution in [0.5, 0.6) is 0 Å². The average molecular weight is 452 g/mol. The van der Waals surface area contributed by atoms with Crippen molar-refractivity contribution < 1.29 is 14.7 Å². The van der Waals surface area contributed by atoms with E-state index in [1.165, 1.54) is 30.5 Å². The number of carbonyl (C=O) groups excluding carboxylic acids is 1. The molecule has 1 aliphatic rings. The first kappa shape index (κ1) is 24.3. The molecule has 33 heavy (non-hydrogen) atoms. The summed E-state index contributed by atoms with van der Waals surface area (Å²) in [4.78, 5) is 30.2. The van der Waals surface area contributed by atoms with E-state index in [9.17, 15) is 9.59 Å². The summed E-state index contributed by atoms with van der Waals surface area (Å²) in [5.41, 5.74) is 16.2. The lowest BCUT2D eigenvalue weighted by Crippen LogP contribution is -2.37. The lowest BCUT2D eigenvalue weighted by Gasteiger charge is -2.30. The van der Waals surface area contributed by atoms with Crippen molar-refractivity contribution in [2.24, 2.45) is 16.5 Å². The molecule has 1 atom stereocenters. The number of benzene rings is 2. The van der Waals surface area contributed by atoms with Gasteiger partial charge >= 0.3 is 5.97 Å². The first-order valence-electron chi connectivity index (χ1n) is 11.4. The molecule has 0 saturated carbocycles. The number of rotatable bonds is 8. The molecule has 0 aliphatic carbocycles. The van der Waals surface area contributed by atoms with Crippen LogP contribution in [0.3, 0.4) is 0 Å². The summed E-state index contributed by atoms with van der Waals surface area (Å²) >= 11 is 0. The van der Waals surface area contributed by atoms with Crippen molar-refractivity contribution >= 4 is 23.5 Å². The summed E-state index contributed by atoms with van der Waals surface area (Å²) in [6.07, 6.45) is 4.78. The molecule has 1 saturated heterocycles. The zero-order valence-electron chi connectivity index (χ0n) is 19.1. The maximum absolute atomic E-state index is 12.5. The molecule has 8 heteroatoms.